The number of benzene rings is 1. The average Bonchev–Trinajstić information content (AvgIpc) is 3.08. The van der Waals surface area contributed by atoms with Gasteiger partial charge < -0.3 is 10.6 Å². The fourth-order valence-corrected chi connectivity index (χ4v) is 3.92. The van der Waals surface area contributed by atoms with Crippen LogP contribution in [-0.4, -0.2) is 43.6 Å². The summed E-state index contributed by atoms with van der Waals surface area (Å²) in [6, 6.07) is 6.33. The number of aryl methyl sites for hydroxylation is 1. The first kappa shape index (κ1) is 21.1. The van der Waals surface area contributed by atoms with Gasteiger partial charge >= 0.3 is 0 Å². The first-order chi connectivity index (χ1) is 13.8. The summed E-state index contributed by atoms with van der Waals surface area (Å²) in [5.74, 6) is 0.757. The van der Waals surface area contributed by atoms with Crippen molar-refractivity contribution < 1.29 is 9.59 Å². The Kier molecular flexibility index (Phi) is 6.38. The molecule has 0 bridgehead atoms. The number of nitrogens with one attached hydrogen (secondary N) is 2. The van der Waals surface area contributed by atoms with Crippen LogP contribution in [0.1, 0.15) is 45.5 Å². The van der Waals surface area contributed by atoms with Crippen molar-refractivity contribution in [3.05, 3.63) is 62.4 Å². The van der Waals surface area contributed by atoms with E-state index < -0.39 is 6.04 Å². The largest absolute Gasteiger partial charge is 0.354 e. The summed E-state index contributed by atoms with van der Waals surface area (Å²) < 4.78 is 3.06. The summed E-state index contributed by atoms with van der Waals surface area (Å²) in [5, 5.41) is 9.78. The number of carbonyl (C=O) groups is 2. The quantitative estimate of drug-likeness (QED) is 0.532. The number of nitrogens with zero attached hydrogens (tertiary/aromatic N) is 5. The van der Waals surface area contributed by atoms with Gasteiger partial charge in [0.15, 0.2) is 11.6 Å². The van der Waals surface area contributed by atoms with Crippen LogP contribution in [0.25, 0.3) is 5.82 Å². The Balaban J connectivity index is 1.90. The zero-order valence-corrected chi connectivity index (χ0v) is 18.9. The van der Waals surface area contributed by atoms with Gasteiger partial charge in [-0.2, -0.15) is 4.68 Å². The maximum Gasteiger partial charge on any atom is 0.269 e. The van der Waals surface area contributed by atoms with E-state index in [1.807, 2.05) is 6.07 Å². The Hall–Kier alpha value is -2.66. The molecule has 29 heavy (non-hydrogen) atoms. The molecule has 0 saturated heterocycles. The molecule has 2 heterocycles. The molecule has 3 rings (SSSR count). The first-order valence-corrected chi connectivity index (χ1v) is 10.1. The van der Waals surface area contributed by atoms with Gasteiger partial charge in [0.25, 0.3) is 11.8 Å². The van der Waals surface area contributed by atoms with Crippen LogP contribution in [-0.2, 0) is 0 Å². The third-order valence-corrected chi connectivity index (χ3v) is 4.84. The van der Waals surface area contributed by atoms with Crippen molar-refractivity contribution >= 4 is 43.7 Å². The normalized spacial score (nSPS) is 11.8. The summed E-state index contributed by atoms with van der Waals surface area (Å²) in [6.07, 6.45) is 1.28. The van der Waals surface area contributed by atoms with E-state index in [2.05, 4.69) is 62.5 Å². The highest BCUT2D eigenvalue weighted by Crippen LogP contribution is 2.21. The van der Waals surface area contributed by atoms with Crippen LogP contribution in [0.2, 0.25) is 0 Å². The van der Waals surface area contributed by atoms with Crippen molar-refractivity contribution in [3.8, 4) is 5.82 Å². The number of hydrogen-bond acceptors (Lipinski definition) is 6. The first-order valence-electron chi connectivity index (χ1n) is 8.53. The molecule has 0 aliphatic heterocycles. The standard InChI is InChI=1S/C18H17Br2N7O2/c1-9(24-17(28)11-4-12(19)6-13(20)5-11)16-25-10(2)26-27(16)15-7-14(18(29)21-3)22-8-23-15/h4-9H,1-3H3,(H,21,29)(H,24,28)/t9-/m0/s1. The lowest BCUT2D eigenvalue weighted by atomic mass is 10.2. The van der Waals surface area contributed by atoms with E-state index in [1.54, 1.807) is 26.0 Å². The molecule has 0 saturated carbocycles. The molecule has 2 N–H and O–H groups in total. The minimum Gasteiger partial charge on any atom is -0.354 e. The molecule has 1 atom stereocenters. The third kappa shape index (κ3) is 4.85. The SMILES string of the molecule is CNC(=O)c1cc(-n2nc(C)nc2[C@H](C)NC(=O)c2cc(Br)cc(Br)c2)ncn1. The lowest BCUT2D eigenvalue weighted by Crippen LogP contribution is -2.29. The summed E-state index contributed by atoms with van der Waals surface area (Å²) in [7, 11) is 1.52. The fraction of sp³-hybridized carbons (Fsp3) is 0.222. The van der Waals surface area contributed by atoms with Gasteiger partial charge in [-0.25, -0.2) is 15.0 Å². The predicted molar refractivity (Wildman–Crippen MR) is 113 cm³/mol. The van der Waals surface area contributed by atoms with Gasteiger partial charge in [0, 0.05) is 27.6 Å². The van der Waals surface area contributed by atoms with Gasteiger partial charge in [-0.1, -0.05) is 31.9 Å². The monoisotopic (exact) mass is 521 g/mol. The van der Waals surface area contributed by atoms with Crippen molar-refractivity contribution in [3.63, 3.8) is 0 Å². The maximum absolute atomic E-state index is 12.7. The highest BCUT2D eigenvalue weighted by molar-refractivity contribution is 9.11. The molecule has 0 fully saturated rings. The van der Waals surface area contributed by atoms with Crippen LogP contribution in [0.3, 0.4) is 0 Å². The van der Waals surface area contributed by atoms with Crippen molar-refractivity contribution in [2.45, 2.75) is 19.9 Å². The number of rotatable bonds is 5. The smallest absolute Gasteiger partial charge is 0.269 e. The number of aromatic nitrogens is 5. The van der Waals surface area contributed by atoms with Crippen LogP contribution in [0.5, 0.6) is 0 Å². The van der Waals surface area contributed by atoms with Gasteiger partial charge in [-0.15, -0.1) is 5.10 Å². The summed E-state index contributed by atoms with van der Waals surface area (Å²) in [4.78, 5) is 37.1. The van der Waals surface area contributed by atoms with Crippen LogP contribution in [0.15, 0.2) is 39.5 Å². The zero-order valence-electron chi connectivity index (χ0n) is 15.8. The maximum atomic E-state index is 12.7. The molecular formula is C18H17Br2N7O2. The molecule has 0 aliphatic carbocycles. The van der Waals surface area contributed by atoms with Crippen molar-refractivity contribution in [1.82, 2.24) is 35.4 Å². The molecule has 3 aromatic rings. The Morgan fingerprint density at radius 3 is 2.41 bits per heavy atom. The summed E-state index contributed by atoms with van der Waals surface area (Å²) >= 11 is 6.76. The number of amides is 2. The van der Waals surface area contributed by atoms with Crippen LogP contribution in [0.4, 0.5) is 0 Å². The van der Waals surface area contributed by atoms with Gasteiger partial charge in [0.1, 0.15) is 17.8 Å². The van der Waals surface area contributed by atoms with E-state index in [9.17, 15) is 9.59 Å². The molecule has 2 amide bonds. The summed E-state index contributed by atoms with van der Waals surface area (Å²) in [5.41, 5.74) is 0.692. The molecule has 1 aromatic carbocycles. The van der Waals surface area contributed by atoms with Crippen LogP contribution < -0.4 is 10.6 Å². The number of halogens is 2. The lowest BCUT2D eigenvalue weighted by molar-refractivity contribution is 0.0935. The molecule has 0 radical (unpaired) electrons. The lowest BCUT2D eigenvalue weighted by Gasteiger charge is -2.15. The Labute approximate surface area is 183 Å². The average molecular weight is 523 g/mol. The number of hydrogen-bond donors (Lipinski definition) is 2. The van der Waals surface area contributed by atoms with E-state index in [4.69, 9.17) is 0 Å². The molecule has 0 aliphatic rings. The topological polar surface area (TPSA) is 115 Å². The number of carbonyl (C=O) groups excluding carboxylic acids is 2. The van der Waals surface area contributed by atoms with Crippen molar-refractivity contribution in [2.24, 2.45) is 0 Å². The van der Waals surface area contributed by atoms with E-state index in [1.165, 1.54) is 24.1 Å². The van der Waals surface area contributed by atoms with Gasteiger partial charge in [-0.05, 0) is 32.0 Å². The van der Waals surface area contributed by atoms with Gasteiger partial charge in [-0.3, -0.25) is 9.59 Å². The van der Waals surface area contributed by atoms with Gasteiger partial charge in [0.05, 0.1) is 6.04 Å². The van der Waals surface area contributed by atoms with Crippen LogP contribution >= 0.6 is 31.9 Å². The van der Waals surface area contributed by atoms with Crippen LogP contribution in [0, 0.1) is 6.92 Å². The van der Waals surface area contributed by atoms with Crippen molar-refractivity contribution in [1.29, 1.82) is 0 Å². The molecule has 0 unspecified atom stereocenters. The Bertz CT molecular complexity index is 1060. The minimum atomic E-state index is -0.472. The Morgan fingerprint density at radius 1 is 1.07 bits per heavy atom. The van der Waals surface area contributed by atoms with E-state index in [0.29, 0.717) is 23.0 Å². The molecular weight excluding hydrogens is 506 g/mol. The van der Waals surface area contributed by atoms with E-state index in [-0.39, 0.29) is 17.5 Å². The second-order valence-corrected chi connectivity index (χ2v) is 7.95. The van der Waals surface area contributed by atoms with Crippen molar-refractivity contribution in [2.75, 3.05) is 7.05 Å². The molecule has 11 heteroatoms. The Morgan fingerprint density at radius 2 is 1.76 bits per heavy atom. The van der Waals surface area contributed by atoms with E-state index >= 15 is 0 Å². The minimum absolute atomic E-state index is 0.201. The fourth-order valence-electron chi connectivity index (χ4n) is 2.62. The van der Waals surface area contributed by atoms with Gasteiger partial charge in [0.2, 0.25) is 0 Å². The predicted octanol–water partition coefficient (Wildman–Crippen LogP) is 2.74. The highest BCUT2D eigenvalue weighted by Gasteiger charge is 2.21. The highest BCUT2D eigenvalue weighted by atomic mass is 79.9. The zero-order chi connectivity index (χ0) is 21.1. The van der Waals surface area contributed by atoms with E-state index in [0.717, 1.165) is 8.95 Å². The molecule has 2 aromatic heterocycles. The molecule has 9 nitrogen and oxygen atoms in total. The molecule has 0 spiro atoms. The third-order valence-electron chi connectivity index (χ3n) is 3.93. The molecule has 150 valence electrons. The second-order valence-electron chi connectivity index (χ2n) is 6.12. The summed E-state index contributed by atoms with van der Waals surface area (Å²) in [6.45, 7) is 3.53. The second kappa shape index (κ2) is 8.78.